The standard InChI is InChI=1S/C21H18Cl2N6O2/c1-27-18-17(19(30)28(2)21(27)31)29(12-13-7-4-3-5-8-13)20(25-18)26-24-11-14-15(22)9-6-10-16(14)23/h3-11H,12H2,1-2H3,(H,25,26)/b24-11-. The zero-order valence-electron chi connectivity index (χ0n) is 16.7. The minimum absolute atomic E-state index is 0.262. The normalized spacial score (nSPS) is 11.5. The van der Waals surface area contributed by atoms with E-state index < -0.39 is 11.2 Å². The first-order valence-corrected chi connectivity index (χ1v) is 10.1. The van der Waals surface area contributed by atoms with Crippen LogP contribution in [0.25, 0.3) is 11.2 Å². The van der Waals surface area contributed by atoms with Gasteiger partial charge in [0.25, 0.3) is 5.56 Å². The van der Waals surface area contributed by atoms with Gasteiger partial charge >= 0.3 is 5.69 Å². The van der Waals surface area contributed by atoms with E-state index in [2.05, 4.69) is 15.5 Å². The fourth-order valence-corrected chi connectivity index (χ4v) is 3.74. The topological polar surface area (TPSA) is 86.2 Å². The summed E-state index contributed by atoms with van der Waals surface area (Å²) < 4.78 is 4.08. The third-order valence-electron chi connectivity index (χ3n) is 4.89. The second kappa shape index (κ2) is 8.41. The van der Waals surface area contributed by atoms with Crippen LogP contribution in [0.2, 0.25) is 10.0 Å². The Morgan fingerprint density at radius 3 is 2.35 bits per heavy atom. The number of hydrogen-bond acceptors (Lipinski definition) is 5. The Hall–Kier alpha value is -3.36. The highest BCUT2D eigenvalue weighted by Gasteiger charge is 2.19. The number of halogens is 2. The minimum atomic E-state index is -0.459. The van der Waals surface area contributed by atoms with Gasteiger partial charge in [-0.15, -0.1) is 0 Å². The van der Waals surface area contributed by atoms with Crippen LogP contribution in [0.15, 0.2) is 63.2 Å². The Kier molecular flexibility index (Phi) is 5.67. The number of rotatable bonds is 5. The van der Waals surface area contributed by atoms with Crippen molar-refractivity contribution in [1.82, 2.24) is 18.7 Å². The molecular formula is C21H18Cl2N6O2. The molecule has 0 radical (unpaired) electrons. The molecule has 4 rings (SSSR count). The number of fused-ring (bicyclic) bond motifs is 1. The molecule has 0 amide bonds. The molecule has 0 aliphatic rings. The minimum Gasteiger partial charge on any atom is -0.298 e. The van der Waals surface area contributed by atoms with Gasteiger partial charge < -0.3 is 0 Å². The number of aromatic nitrogens is 4. The Balaban J connectivity index is 1.84. The Labute approximate surface area is 187 Å². The molecule has 0 aliphatic carbocycles. The second-order valence-electron chi connectivity index (χ2n) is 6.89. The molecule has 0 spiro atoms. The third kappa shape index (κ3) is 3.87. The van der Waals surface area contributed by atoms with E-state index >= 15 is 0 Å². The second-order valence-corrected chi connectivity index (χ2v) is 7.70. The molecule has 0 aliphatic heterocycles. The van der Waals surface area contributed by atoms with Gasteiger partial charge in [-0.25, -0.2) is 10.2 Å². The van der Waals surface area contributed by atoms with Crippen molar-refractivity contribution in [3.05, 3.63) is 90.5 Å². The predicted molar refractivity (Wildman–Crippen MR) is 123 cm³/mol. The van der Waals surface area contributed by atoms with E-state index in [0.29, 0.717) is 33.6 Å². The van der Waals surface area contributed by atoms with Crippen molar-refractivity contribution in [3.63, 3.8) is 0 Å². The average Bonchev–Trinajstić information content (AvgIpc) is 3.12. The Bertz CT molecular complexity index is 1400. The fraction of sp³-hybridized carbons (Fsp3) is 0.143. The highest BCUT2D eigenvalue weighted by molar-refractivity contribution is 6.38. The molecular weight excluding hydrogens is 439 g/mol. The summed E-state index contributed by atoms with van der Waals surface area (Å²) in [5.41, 5.74) is 4.02. The van der Waals surface area contributed by atoms with Crippen molar-refractivity contribution >= 4 is 46.5 Å². The lowest BCUT2D eigenvalue weighted by Gasteiger charge is -2.09. The van der Waals surface area contributed by atoms with E-state index in [1.54, 1.807) is 29.8 Å². The zero-order valence-corrected chi connectivity index (χ0v) is 18.2. The van der Waals surface area contributed by atoms with Crippen LogP contribution in [0.5, 0.6) is 0 Å². The van der Waals surface area contributed by atoms with Crippen molar-refractivity contribution in [2.75, 3.05) is 5.43 Å². The molecule has 0 fully saturated rings. The lowest BCUT2D eigenvalue weighted by Crippen LogP contribution is -2.37. The molecule has 0 bridgehead atoms. The van der Waals surface area contributed by atoms with Gasteiger partial charge in [-0.2, -0.15) is 10.1 Å². The molecule has 2 aromatic heterocycles. The van der Waals surface area contributed by atoms with Crippen LogP contribution in [0.1, 0.15) is 11.1 Å². The van der Waals surface area contributed by atoms with Crippen LogP contribution in [-0.2, 0) is 20.6 Å². The molecule has 0 atom stereocenters. The number of hydrogen-bond donors (Lipinski definition) is 1. The zero-order chi connectivity index (χ0) is 22.1. The lowest BCUT2D eigenvalue weighted by molar-refractivity contribution is 0.702. The van der Waals surface area contributed by atoms with Crippen molar-refractivity contribution in [2.45, 2.75) is 6.54 Å². The summed E-state index contributed by atoms with van der Waals surface area (Å²) in [6.07, 6.45) is 1.48. The number of anilines is 1. The number of imidazole rings is 1. The first-order chi connectivity index (χ1) is 14.9. The Morgan fingerprint density at radius 1 is 1.00 bits per heavy atom. The summed E-state index contributed by atoms with van der Waals surface area (Å²) in [6, 6.07) is 14.8. The summed E-state index contributed by atoms with van der Waals surface area (Å²) in [4.78, 5) is 29.7. The maximum Gasteiger partial charge on any atom is 0.332 e. The van der Waals surface area contributed by atoms with Gasteiger partial charge in [-0.1, -0.05) is 59.6 Å². The lowest BCUT2D eigenvalue weighted by atomic mass is 10.2. The molecule has 4 aromatic rings. The smallest absolute Gasteiger partial charge is 0.298 e. The molecule has 8 nitrogen and oxygen atoms in total. The first kappa shape index (κ1) is 20.9. The predicted octanol–water partition coefficient (Wildman–Crippen LogP) is 3.23. The third-order valence-corrected chi connectivity index (χ3v) is 5.55. The van der Waals surface area contributed by atoms with Crippen molar-refractivity contribution < 1.29 is 0 Å². The summed E-state index contributed by atoms with van der Waals surface area (Å²) >= 11 is 12.4. The summed E-state index contributed by atoms with van der Waals surface area (Å²) in [6.45, 7) is 0.357. The van der Waals surface area contributed by atoms with Crippen LogP contribution in [0.4, 0.5) is 5.95 Å². The number of aryl methyl sites for hydroxylation is 1. The van der Waals surface area contributed by atoms with Gasteiger partial charge in [0, 0.05) is 19.7 Å². The van der Waals surface area contributed by atoms with Crippen LogP contribution in [-0.4, -0.2) is 24.9 Å². The molecule has 2 aromatic carbocycles. The van der Waals surface area contributed by atoms with E-state index in [4.69, 9.17) is 23.2 Å². The van der Waals surface area contributed by atoms with Crippen molar-refractivity contribution in [1.29, 1.82) is 0 Å². The maximum absolute atomic E-state index is 12.9. The van der Waals surface area contributed by atoms with Gasteiger partial charge in [-0.3, -0.25) is 18.5 Å². The molecule has 158 valence electrons. The number of hydrazone groups is 1. The fourth-order valence-electron chi connectivity index (χ4n) is 3.24. The summed E-state index contributed by atoms with van der Waals surface area (Å²) in [5, 5.41) is 5.11. The van der Waals surface area contributed by atoms with Crippen LogP contribution in [0.3, 0.4) is 0 Å². The summed E-state index contributed by atoms with van der Waals surface area (Å²) in [7, 11) is 3.01. The maximum atomic E-state index is 12.9. The van der Waals surface area contributed by atoms with E-state index in [9.17, 15) is 9.59 Å². The molecule has 0 saturated carbocycles. The Morgan fingerprint density at radius 2 is 1.68 bits per heavy atom. The van der Waals surface area contributed by atoms with Crippen LogP contribution < -0.4 is 16.7 Å². The van der Waals surface area contributed by atoms with Crippen LogP contribution in [0, 0.1) is 0 Å². The largest absolute Gasteiger partial charge is 0.332 e. The van der Waals surface area contributed by atoms with E-state index in [0.717, 1.165) is 10.1 Å². The van der Waals surface area contributed by atoms with Crippen LogP contribution >= 0.6 is 23.2 Å². The molecule has 10 heteroatoms. The quantitative estimate of drug-likeness (QED) is 0.368. The number of nitrogens with zero attached hydrogens (tertiary/aromatic N) is 5. The highest BCUT2D eigenvalue weighted by Crippen LogP contribution is 2.23. The van der Waals surface area contributed by atoms with E-state index in [1.807, 2.05) is 30.3 Å². The highest BCUT2D eigenvalue weighted by atomic mass is 35.5. The van der Waals surface area contributed by atoms with Gasteiger partial charge in [0.2, 0.25) is 5.95 Å². The monoisotopic (exact) mass is 456 g/mol. The van der Waals surface area contributed by atoms with Gasteiger partial charge in [0.15, 0.2) is 11.2 Å². The van der Waals surface area contributed by atoms with Gasteiger partial charge in [0.05, 0.1) is 22.8 Å². The van der Waals surface area contributed by atoms with E-state index in [-0.39, 0.29) is 5.65 Å². The van der Waals surface area contributed by atoms with Gasteiger partial charge in [0.1, 0.15) is 0 Å². The first-order valence-electron chi connectivity index (χ1n) is 9.31. The van der Waals surface area contributed by atoms with E-state index in [1.165, 1.54) is 17.8 Å². The number of benzene rings is 2. The van der Waals surface area contributed by atoms with Gasteiger partial charge in [-0.05, 0) is 17.7 Å². The summed E-state index contributed by atoms with van der Waals surface area (Å²) in [5.74, 6) is 0.302. The SMILES string of the molecule is Cn1c(=O)c2c(nc(N/N=C\c3c(Cl)cccc3Cl)n2Cc2ccccc2)n(C)c1=O. The molecule has 0 unspecified atom stereocenters. The molecule has 2 heterocycles. The average molecular weight is 457 g/mol. The van der Waals surface area contributed by atoms with Crippen molar-refractivity contribution in [2.24, 2.45) is 19.2 Å². The molecule has 1 N–H and O–H groups in total. The van der Waals surface area contributed by atoms with Crippen molar-refractivity contribution in [3.8, 4) is 0 Å². The molecule has 0 saturated heterocycles. The number of nitrogens with one attached hydrogen (secondary N) is 1. The molecule has 31 heavy (non-hydrogen) atoms.